The van der Waals surface area contributed by atoms with E-state index in [1.807, 2.05) is 24.3 Å². The Hall–Kier alpha value is -0.680. The minimum atomic E-state index is 0.159. The van der Waals surface area contributed by atoms with Crippen LogP contribution in [0.3, 0.4) is 0 Å². The van der Waals surface area contributed by atoms with Crippen molar-refractivity contribution in [3.8, 4) is 5.75 Å². The molecule has 0 spiro atoms. The van der Waals surface area contributed by atoms with E-state index in [2.05, 4.69) is 34.5 Å². The molecule has 0 atom stereocenters. The number of phenols is 1. The van der Waals surface area contributed by atoms with Crippen LogP contribution in [-0.4, -0.2) is 61.0 Å². The summed E-state index contributed by atoms with van der Waals surface area (Å²) in [6, 6.07) is 17.8. The van der Waals surface area contributed by atoms with E-state index >= 15 is 0 Å². The Morgan fingerprint density at radius 1 is 0.762 bits per heavy atom. The second-order valence-electron chi connectivity index (χ2n) is 5.19. The van der Waals surface area contributed by atoms with E-state index < -0.39 is 0 Å². The molecule has 3 rings (SSSR count). The van der Waals surface area contributed by atoms with Gasteiger partial charge in [0.05, 0.1) is 0 Å². The molecule has 0 unspecified atom stereocenters. The summed E-state index contributed by atoms with van der Waals surface area (Å²) in [5, 5.41) is 20.6. The third-order valence-corrected chi connectivity index (χ3v) is 4.71. The molecule has 0 aliphatic heterocycles. The molecule has 3 nitrogen and oxygen atoms in total. The Balaban J connectivity index is 2.07. The van der Waals surface area contributed by atoms with Crippen molar-refractivity contribution in [1.29, 1.82) is 0 Å². The Morgan fingerprint density at radius 3 is 2.24 bits per heavy atom. The van der Waals surface area contributed by atoms with Crippen molar-refractivity contribution < 1.29 is 5.11 Å². The van der Waals surface area contributed by atoms with E-state index in [1.54, 1.807) is 6.07 Å². The third-order valence-electron chi connectivity index (χ3n) is 3.43. The molecule has 0 aliphatic carbocycles. The van der Waals surface area contributed by atoms with Gasteiger partial charge in [0.1, 0.15) is 0 Å². The molecule has 5 heteroatoms. The maximum atomic E-state index is 10.1. The van der Waals surface area contributed by atoms with Crippen LogP contribution >= 0.6 is 0 Å². The van der Waals surface area contributed by atoms with E-state index in [-0.39, 0.29) is 5.75 Å². The maximum absolute atomic E-state index is 10.1. The average Bonchev–Trinajstić information content (AvgIpc) is 2.48. The van der Waals surface area contributed by atoms with Crippen molar-refractivity contribution in [1.82, 2.24) is 0 Å². The van der Waals surface area contributed by atoms with Crippen molar-refractivity contribution in [2.24, 2.45) is 10.2 Å². The monoisotopic (exact) mass is 292 g/mol. The van der Waals surface area contributed by atoms with Crippen LogP contribution in [0.1, 0.15) is 0 Å². The van der Waals surface area contributed by atoms with E-state index in [9.17, 15) is 5.11 Å². The molecule has 92 valence electrons. The van der Waals surface area contributed by atoms with Crippen LogP contribution in [0, 0.1) is 0 Å². The quantitative estimate of drug-likeness (QED) is 0.572. The molecule has 0 bridgehead atoms. The van der Waals surface area contributed by atoms with Crippen molar-refractivity contribution in [2.75, 3.05) is 0 Å². The van der Waals surface area contributed by atoms with Gasteiger partial charge in [-0.25, -0.2) is 0 Å². The molecule has 1 N–H and O–H groups in total. The molecule has 3 aromatic rings. The summed E-state index contributed by atoms with van der Waals surface area (Å²) < 4.78 is 2.64. The first-order valence-electron chi connectivity index (χ1n) is 6.84. The molecule has 0 saturated carbocycles. The summed E-state index contributed by atoms with van der Waals surface area (Å²) in [6.07, 6.45) is 0. The summed E-state index contributed by atoms with van der Waals surface area (Å²) in [4.78, 5) is 0. The first kappa shape index (κ1) is 15.2. The zero-order valence-electron chi connectivity index (χ0n) is 12.0. The van der Waals surface area contributed by atoms with Crippen LogP contribution in [0.5, 0.6) is 5.75 Å². The standard InChI is InChI=1S/C16H10N2O.2Na/c19-15-11-10-12-6-4-5-9-14(12)16(15)18-17-13-7-2-1-3-8-13;;/h2-3,5-11,19H;;. The number of aromatic hydroxyl groups is 1. The first-order chi connectivity index (χ1) is 10.1. The fourth-order valence-corrected chi connectivity index (χ4v) is 3.06. The summed E-state index contributed by atoms with van der Waals surface area (Å²) in [5.74, 6) is 0.159. The normalized spacial score (nSPS) is 11.4. The fourth-order valence-electron chi connectivity index (χ4n) is 2.25. The van der Waals surface area contributed by atoms with Crippen LogP contribution in [0.4, 0.5) is 11.4 Å². The van der Waals surface area contributed by atoms with Gasteiger partial charge in [0.25, 0.3) is 0 Å². The molecule has 0 saturated heterocycles. The Kier molecular flexibility index (Phi) is 4.79. The zero-order valence-corrected chi connectivity index (χ0v) is 16.0. The van der Waals surface area contributed by atoms with Gasteiger partial charge in [-0.05, 0) is 0 Å². The van der Waals surface area contributed by atoms with Gasteiger partial charge in [0.2, 0.25) is 0 Å². The van der Waals surface area contributed by atoms with E-state index in [1.165, 1.54) is 5.63 Å². The van der Waals surface area contributed by atoms with E-state index in [0.717, 1.165) is 72.3 Å². The number of hydrogen-bond acceptors (Lipinski definition) is 3. The summed E-state index contributed by atoms with van der Waals surface area (Å²) in [6.45, 7) is 0. The number of nitrogens with zero attached hydrogens (tertiary/aromatic N) is 2. The SMILES string of the molecule is Oc1ccc2c[c]([Na])ccc2c1N=Nc1cc[c]([Na])cc1. The summed E-state index contributed by atoms with van der Waals surface area (Å²) in [5.41, 5.74) is 1.33. The molecule has 3 aromatic carbocycles. The number of fused-ring (bicyclic) bond motifs is 1. The van der Waals surface area contributed by atoms with Crippen molar-refractivity contribution in [3.63, 3.8) is 0 Å². The van der Waals surface area contributed by atoms with Crippen LogP contribution in [0.15, 0.2) is 64.8 Å². The van der Waals surface area contributed by atoms with Gasteiger partial charge in [-0.1, -0.05) is 0 Å². The van der Waals surface area contributed by atoms with Crippen molar-refractivity contribution in [3.05, 3.63) is 54.6 Å². The van der Waals surface area contributed by atoms with Crippen LogP contribution < -0.4 is 5.63 Å². The number of rotatable bonds is 2. The predicted molar refractivity (Wildman–Crippen MR) is 87.0 cm³/mol. The Bertz CT molecular complexity index is 830. The fraction of sp³-hybridized carbons (Fsp3) is 0. The predicted octanol–water partition coefficient (Wildman–Crippen LogP) is 2.55. The average molecular weight is 292 g/mol. The third kappa shape index (κ3) is 3.57. The number of phenolic OH excluding ortho intramolecular Hbond substituents is 1. The number of benzene rings is 3. The topological polar surface area (TPSA) is 45.0 Å². The zero-order chi connectivity index (χ0) is 14.8. The van der Waals surface area contributed by atoms with Crippen molar-refractivity contribution in [2.45, 2.75) is 0 Å². The van der Waals surface area contributed by atoms with Gasteiger partial charge in [-0.2, -0.15) is 0 Å². The number of hydrogen-bond donors (Lipinski definition) is 1. The molecular formula is C16H10N2Na2O. The van der Waals surface area contributed by atoms with Gasteiger partial charge in [-0.3, -0.25) is 0 Å². The van der Waals surface area contributed by atoms with E-state index in [0.29, 0.717) is 5.69 Å². The molecule has 0 radical (unpaired) electrons. The minimum absolute atomic E-state index is 0.159. The van der Waals surface area contributed by atoms with E-state index in [4.69, 9.17) is 0 Å². The molecule has 0 amide bonds. The van der Waals surface area contributed by atoms with Gasteiger partial charge in [0, 0.05) is 0 Å². The van der Waals surface area contributed by atoms with Gasteiger partial charge < -0.3 is 0 Å². The molecular weight excluding hydrogens is 282 g/mol. The van der Waals surface area contributed by atoms with Crippen LogP contribution in [0.2, 0.25) is 0 Å². The van der Waals surface area contributed by atoms with Gasteiger partial charge >= 0.3 is 159 Å². The molecule has 0 aromatic heterocycles. The second kappa shape index (κ2) is 6.61. The second-order valence-corrected chi connectivity index (χ2v) is 7.50. The molecule has 0 fully saturated rings. The van der Waals surface area contributed by atoms with Gasteiger partial charge in [-0.15, -0.1) is 0 Å². The summed E-state index contributed by atoms with van der Waals surface area (Å²) in [7, 11) is 0. The Morgan fingerprint density at radius 2 is 1.48 bits per heavy atom. The molecule has 0 aliphatic rings. The number of azo groups is 1. The molecule has 21 heavy (non-hydrogen) atoms. The van der Waals surface area contributed by atoms with Crippen LogP contribution in [0.25, 0.3) is 10.8 Å². The Labute approximate surface area is 157 Å². The van der Waals surface area contributed by atoms with Gasteiger partial charge in [0.15, 0.2) is 0 Å². The van der Waals surface area contributed by atoms with Crippen LogP contribution in [-0.2, 0) is 0 Å². The van der Waals surface area contributed by atoms with Crippen molar-refractivity contribution >= 4 is 83.6 Å². The first-order valence-corrected chi connectivity index (χ1v) is 8.84. The molecule has 0 heterocycles. The summed E-state index contributed by atoms with van der Waals surface area (Å²) >= 11 is 2.04.